The van der Waals surface area contributed by atoms with E-state index >= 15 is 0 Å². The highest BCUT2D eigenvalue weighted by Gasteiger charge is 2.05. The van der Waals surface area contributed by atoms with Crippen LogP contribution in [0.5, 0.6) is 0 Å². The van der Waals surface area contributed by atoms with Gasteiger partial charge in [0, 0.05) is 24.8 Å². The predicted octanol–water partition coefficient (Wildman–Crippen LogP) is -2.08. The first-order valence-corrected chi connectivity index (χ1v) is 4.81. The van der Waals surface area contributed by atoms with Crippen LogP contribution in [0, 0.1) is 6.92 Å². The molecule has 1 heterocycles. The monoisotopic (exact) mass is 226 g/mol. The maximum Gasteiger partial charge on any atom is 0.328 e. The van der Waals surface area contributed by atoms with Gasteiger partial charge in [0.05, 0.1) is 0 Å². The lowest BCUT2D eigenvalue weighted by molar-refractivity contribution is -0.121. The van der Waals surface area contributed by atoms with E-state index in [9.17, 15) is 14.4 Å². The fourth-order valence-corrected chi connectivity index (χ4v) is 1.16. The molecule has 1 amide bonds. The van der Waals surface area contributed by atoms with Crippen molar-refractivity contribution in [2.24, 2.45) is 5.73 Å². The molecule has 0 atom stereocenters. The normalized spacial score (nSPS) is 10.1. The zero-order chi connectivity index (χ0) is 12.1. The van der Waals surface area contributed by atoms with Gasteiger partial charge in [-0.25, -0.2) is 4.79 Å². The number of nitrogens with two attached hydrogens (primary N) is 1. The minimum Gasteiger partial charge on any atom is -0.353 e. The van der Waals surface area contributed by atoms with Crippen LogP contribution >= 0.6 is 0 Å². The third-order valence-electron chi connectivity index (χ3n) is 1.97. The third kappa shape index (κ3) is 3.06. The molecule has 0 aliphatic rings. The molecule has 7 nitrogen and oxygen atoms in total. The van der Waals surface area contributed by atoms with Gasteiger partial charge in [-0.2, -0.15) is 0 Å². The van der Waals surface area contributed by atoms with Crippen molar-refractivity contribution in [3.05, 3.63) is 32.6 Å². The first kappa shape index (κ1) is 12.2. The van der Waals surface area contributed by atoms with Crippen molar-refractivity contribution >= 4 is 5.91 Å². The maximum atomic E-state index is 11.3. The van der Waals surface area contributed by atoms with E-state index in [0.29, 0.717) is 18.7 Å². The molecule has 0 unspecified atom stereocenters. The summed E-state index contributed by atoms with van der Waals surface area (Å²) in [5, 5.41) is 2.53. The Morgan fingerprint density at radius 1 is 1.56 bits per heavy atom. The molecule has 1 aromatic rings. The SMILES string of the molecule is Cc1cn(CC(=O)NCCN)c(=O)[nH]c1=O. The summed E-state index contributed by atoms with van der Waals surface area (Å²) in [4.78, 5) is 35.8. The Hall–Kier alpha value is -1.89. The van der Waals surface area contributed by atoms with Crippen LogP contribution in [0.3, 0.4) is 0 Å². The smallest absolute Gasteiger partial charge is 0.328 e. The number of aromatic nitrogens is 2. The van der Waals surface area contributed by atoms with Crippen molar-refractivity contribution in [1.29, 1.82) is 0 Å². The van der Waals surface area contributed by atoms with Crippen molar-refractivity contribution in [1.82, 2.24) is 14.9 Å². The van der Waals surface area contributed by atoms with Gasteiger partial charge < -0.3 is 11.1 Å². The van der Waals surface area contributed by atoms with E-state index in [-0.39, 0.29) is 12.5 Å². The molecular formula is C9H14N4O3. The highest BCUT2D eigenvalue weighted by molar-refractivity contribution is 5.75. The highest BCUT2D eigenvalue weighted by Crippen LogP contribution is 1.84. The molecule has 0 saturated heterocycles. The number of aryl methyl sites for hydroxylation is 1. The Kier molecular flexibility index (Phi) is 4.01. The van der Waals surface area contributed by atoms with Crippen molar-refractivity contribution in [3.63, 3.8) is 0 Å². The molecular weight excluding hydrogens is 212 g/mol. The van der Waals surface area contributed by atoms with Gasteiger partial charge >= 0.3 is 5.69 Å². The summed E-state index contributed by atoms with van der Waals surface area (Å²) in [7, 11) is 0. The fourth-order valence-electron chi connectivity index (χ4n) is 1.16. The predicted molar refractivity (Wildman–Crippen MR) is 58.1 cm³/mol. The van der Waals surface area contributed by atoms with Crippen LogP contribution in [0.15, 0.2) is 15.8 Å². The van der Waals surface area contributed by atoms with E-state index in [1.165, 1.54) is 6.20 Å². The zero-order valence-electron chi connectivity index (χ0n) is 8.95. The number of nitrogens with one attached hydrogen (secondary N) is 2. The van der Waals surface area contributed by atoms with Gasteiger partial charge in [0.2, 0.25) is 5.91 Å². The number of amides is 1. The number of H-pyrrole nitrogens is 1. The molecule has 88 valence electrons. The summed E-state index contributed by atoms with van der Waals surface area (Å²) >= 11 is 0. The van der Waals surface area contributed by atoms with E-state index in [1.54, 1.807) is 6.92 Å². The number of nitrogens with zero attached hydrogens (tertiary/aromatic N) is 1. The van der Waals surface area contributed by atoms with E-state index in [2.05, 4.69) is 10.3 Å². The van der Waals surface area contributed by atoms with E-state index in [4.69, 9.17) is 5.73 Å². The quantitative estimate of drug-likeness (QED) is 0.547. The molecule has 0 aliphatic heterocycles. The number of carbonyl (C=O) groups excluding carboxylic acids is 1. The zero-order valence-corrected chi connectivity index (χ0v) is 8.95. The number of carbonyl (C=O) groups is 1. The topological polar surface area (TPSA) is 110 Å². The standard InChI is InChI=1S/C9H14N4O3/c1-6-4-13(9(16)12-8(6)15)5-7(14)11-3-2-10/h4H,2-3,5,10H2,1H3,(H,11,14)(H,12,15,16). The molecule has 0 aliphatic carbocycles. The Morgan fingerprint density at radius 3 is 2.88 bits per heavy atom. The van der Waals surface area contributed by atoms with E-state index < -0.39 is 11.2 Å². The van der Waals surface area contributed by atoms with Gasteiger partial charge in [-0.05, 0) is 6.92 Å². The molecule has 1 aromatic heterocycles. The molecule has 0 aromatic carbocycles. The van der Waals surface area contributed by atoms with Crippen molar-refractivity contribution in [3.8, 4) is 0 Å². The van der Waals surface area contributed by atoms with Gasteiger partial charge in [-0.15, -0.1) is 0 Å². The van der Waals surface area contributed by atoms with Gasteiger partial charge in [-0.3, -0.25) is 19.1 Å². The van der Waals surface area contributed by atoms with Gasteiger partial charge in [-0.1, -0.05) is 0 Å². The van der Waals surface area contributed by atoms with Gasteiger partial charge in [0.15, 0.2) is 0 Å². The molecule has 1 rings (SSSR count). The maximum absolute atomic E-state index is 11.3. The van der Waals surface area contributed by atoms with Crippen molar-refractivity contribution in [2.75, 3.05) is 13.1 Å². The third-order valence-corrected chi connectivity index (χ3v) is 1.97. The number of rotatable bonds is 4. The lowest BCUT2D eigenvalue weighted by Crippen LogP contribution is -2.37. The van der Waals surface area contributed by atoms with Gasteiger partial charge in [0.25, 0.3) is 5.56 Å². The lowest BCUT2D eigenvalue weighted by atomic mass is 10.4. The number of hydrogen-bond acceptors (Lipinski definition) is 4. The molecule has 0 fully saturated rings. The van der Waals surface area contributed by atoms with Crippen molar-refractivity contribution in [2.45, 2.75) is 13.5 Å². The molecule has 0 spiro atoms. The number of hydrogen-bond donors (Lipinski definition) is 3. The van der Waals surface area contributed by atoms with E-state index in [1.807, 2.05) is 0 Å². The Morgan fingerprint density at radius 2 is 2.25 bits per heavy atom. The van der Waals surface area contributed by atoms with Crippen LogP contribution < -0.4 is 22.3 Å². The second-order valence-corrected chi connectivity index (χ2v) is 3.34. The largest absolute Gasteiger partial charge is 0.353 e. The summed E-state index contributed by atoms with van der Waals surface area (Å²) in [5.41, 5.74) is 4.55. The van der Waals surface area contributed by atoms with Crippen LogP contribution in [-0.4, -0.2) is 28.5 Å². The van der Waals surface area contributed by atoms with Gasteiger partial charge in [0.1, 0.15) is 6.54 Å². The molecule has 0 radical (unpaired) electrons. The number of aromatic amines is 1. The van der Waals surface area contributed by atoms with Crippen LogP contribution in [0.1, 0.15) is 5.56 Å². The molecule has 0 bridgehead atoms. The highest BCUT2D eigenvalue weighted by atomic mass is 16.2. The average molecular weight is 226 g/mol. The first-order chi connectivity index (χ1) is 7.54. The van der Waals surface area contributed by atoms with E-state index in [0.717, 1.165) is 4.57 Å². The van der Waals surface area contributed by atoms with Crippen LogP contribution in [0.4, 0.5) is 0 Å². The summed E-state index contributed by atoms with van der Waals surface area (Å²) in [6.45, 7) is 2.13. The molecule has 4 N–H and O–H groups in total. The first-order valence-electron chi connectivity index (χ1n) is 4.81. The van der Waals surface area contributed by atoms with Crippen molar-refractivity contribution < 1.29 is 4.79 Å². The summed E-state index contributed by atoms with van der Waals surface area (Å²) in [6.07, 6.45) is 1.35. The Bertz CT molecular complexity index is 488. The summed E-state index contributed by atoms with van der Waals surface area (Å²) < 4.78 is 1.14. The average Bonchev–Trinajstić information content (AvgIpc) is 2.23. The minimum atomic E-state index is -0.599. The molecule has 0 saturated carbocycles. The summed E-state index contributed by atoms with van der Waals surface area (Å²) in [5.74, 6) is -0.320. The second-order valence-electron chi connectivity index (χ2n) is 3.34. The Balaban J connectivity index is 2.82. The fraction of sp³-hybridized carbons (Fsp3) is 0.444. The second kappa shape index (κ2) is 5.26. The van der Waals surface area contributed by atoms with Crippen LogP contribution in [0.25, 0.3) is 0 Å². The molecule has 7 heteroatoms. The molecule has 16 heavy (non-hydrogen) atoms. The van der Waals surface area contributed by atoms with Crippen LogP contribution in [-0.2, 0) is 11.3 Å². The minimum absolute atomic E-state index is 0.129. The summed E-state index contributed by atoms with van der Waals surface area (Å²) in [6, 6.07) is 0. The Labute approximate surface area is 91.3 Å². The van der Waals surface area contributed by atoms with Crippen LogP contribution in [0.2, 0.25) is 0 Å². The lowest BCUT2D eigenvalue weighted by Gasteiger charge is -2.06.